The summed E-state index contributed by atoms with van der Waals surface area (Å²) in [7, 11) is 0. The van der Waals surface area contributed by atoms with Crippen LogP contribution < -0.4 is 15.5 Å². The summed E-state index contributed by atoms with van der Waals surface area (Å²) in [6.45, 7) is 11.3. The molecule has 2 aromatic heterocycles. The van der Waals surface area contributed by atoms with Crippen LogP contribution in [0.2, 0.25) is 0 Å². The second-order valence-electron chi connectivity index (χ2n) is 8.32. The van der Waals surface area contributed by atoms with Crippen LogP contribution in [0.5, 0.6) is 0 Å². The number of anilines is 2. The first kappa shape index (κ1) is 21.4. The Balaban J connectivity index is 1.41. The van der Waals surface area contributed by atoms with Crippen LogP contribution in [0.25, 0.3) is 0 Å². The van der Waals surface area contributed by atoms with Crippen LogP contribution in [0.4, 0.5) is 16.6 Å². The lowest BCUT2D eigenvalue weighted by atomic mass is 10.0. The molecule has 2 aliphatic rings. The summed E-state index contributed by atoms with van der Waals surface area (Å²) in [6, 6.07) is 1.60. The molecule has 31 heavy (non-hydrogen) atoms. The number of hydrogen-bond donors (Lipinski definition) is 2. The maximum atomic E-state index is 12.2. The van der Waals surface area contributed by atoms with Crippen molar-refractivity contribution < 1.29 is 9.53 Å². The van der Waals surface area contributed by atoms with Gasteiger partial charge in [0.05, 0.1) is 18.6 Å². The van der Waals surface area contributed by atoms with Crippen molar-refractivity contribution in [2.75, 3.05) is 43.0 Å². The lowest BCUT2D eigenvalue weighted by molar-refractivity contribution is 0.177. The molecule has 166 valence electrons. The van der Waals surface area contributed by atoms with E-state index in [1.54, 1.807) is 17.2 Å². The average molecular weight is 427 g/mol. The van der Waals surface area contributed by atoms with Gasteiger partial charge in [-0.3, -0.25) is 9.80 Å². The van der Waals surface area contributed by atoms with E-state index in [1.165, 1.54) is 0 Å². The summed E-state index contributed by atoms with van der Waals surface area (Å²) in [5, 5.41) is 6.63. The summed E-state index contributed by atoms with van der Waals surface area (Å²) in [5.74, 6) is 2.06. The van der Waals surface area contributed by atoms with E-state index in [1.807, 2.05) is 19.3 Å². The first-order chi connectivity index (χ1) is 15.0. The average Bonchev–Trinajstić information content (AvgIpc) is 3.17. The number of amides is 1. The molecule has 2 N–H and O–H groups in total. The van der Waals surface area contributed by atoms with Gasteiger partial charge in [-0.25, -0.2) is 19.7 Å². The second-order valence-corrected chi connectivity index (χ2v) is 8.32. The molecule has 2 aromatic rings. The van der Waals surface area contributed by atoms with Crippen molar-refractivity contribution in [3.63, 3.8) is 0 Å². The van der Waals surface area contributed by atoms with E-state index >= 15 is 0 Å². The molecule has 1 amide bonds. The van der Waals surface area contributed by atoms with Crippen molar-refractivity contribution in [2.24, 2.45) is 5.92 Å². The predicted octanol–water partition coefficient (Wildman–Crippen LogP) is 1.83. The largest absolute Gasteiger partial charge is 0.447 e. The number of carbonyl (C=O) groups is 1. The van der Waals surface area contributed by atoms with E-state index in [-0.39, 0.29) is 24.1 Å². The maximum absolute atomic E-state index is 12.2. The number of carbonyl (C=O) groups excluding carboxylic acids is 1. The van der Waals surface area contributed by atoms with Gasteiger partial charge in [-0.2, -0.15) is 4.98 Å². The summed E-state index contributed by atoms with van der Waals surface area (Å²) in [6.07, 6.45) is 4.97. The van der Waals surface area contributed by atoms with Crippen LogP contribution >= 0.6 is 0 Å². The molecular weight excluding hydrogens is 396 g/mol. The lowest BCUT2D eigenvalue weighted by Crippen LogP contribution is -2.43. The van der Waals surface area contributed by atoms with E-state index in [0.717, 1.165) is 44.1 Å². The highest BCUT2D eigenvalue weighted by Gasteiger charge is 2.37. The van der Waals surface area contributed by atoms with E-state index in [4.69, 9.17) is 4.74 Å². The molecule has 4 rings (SSSR count). The first-order valence-corrected chi connectivity index (χ1v) is 10.8. The molecule has 0 spiro atoms. The molecule has 2 fully saturated rings. The molecule has 0 bridgehead atoms. The SMILES string of the molecule is CC(Nc1nccc(N2C(=O)OC[C@@H]2C(C)C)n1)c1cnc(CN2CCNCC2)nc1. The molecule has 0 saturated carbocycles. The molecule has 10 heteroatoms. The van der Waals surface area contributed by atoms with Crippen molar-refractivity contribution in [3.05, 3.63) is 36.0 Å². The minimum Gasteiger partial charge on any atom is -0.447 e. The van der Waals surface area contributed by atoms with Crippen LogP contribution in [0.3, 0.4) is 0 Å². The monoisotopic (exact) mass is 426 g/mol. The van der Waals surface area contributed by atoms with Crippen molar-refractivity contribution >= 4 is 17.9 Å². The van der Waals surface area contributed by atoms with Gasteiger partial charge in [0.25, 0.3) is 0 Å². The maximum Gasteiger partial charge on any atom is 0.415 e. The highest BCUT2D eigenvalue weighted by Crippen LogP contribution is 2.26. The molecule has 2 aliphatic heterocycles. The Labute approximate surface area is 182 Å². The first-order valence-electron chi connectivity index (χ1n) is 10.8. The van der Waals surface area contributed by atoms with Gasteiger partial charge in [0, 0.05) is 50.3 Å². The fourth-order valence-electron chi connectivity index (χ4n) is 3.76. The number of ether oxygens (including phenoxy) is 1. The van der Waals surface area contributed by atoms with E-state index in [9.17, 15) is 4.79 Å². The van der Waals surface area contributed by atoms with Crippen LogP contribution in [-0.4, -0.2) is 69.8 Å². The standard InChI is InChI=1S/C21H30N8O2/c1-14(2)17-13-31-21(30)29(17)19-4-5-23-20(27-19)26-15(3)16-10-24-18(25-11-16)12-28-8-6-22-7-9-28/h4-5,10-11,14-15,17,22H,6-9,12-13H2,1-3H3,(H,23,26,27)/t15?,17-/m1/s1. The molecule has 0 aromatic carbocycles. The highest BCUT2D eigenvalue weighted by atomic mass is 16.6. The number of rotatable bonds is 7. The third-order valence-corrected chi connectivity index (χ3v) is 5.71. The minimum atomic E-state index is -0.370. The van der Waals surface area contributed by atoms with Crippen LogP contribution in [0, 0.1) is 5.92 Å². The Hall–Kier alpha value is -2.85. The van der Waals surface area contributed by atoms with Gasteiger partial charge in [-0.15, -0.1) is 0 Å². The zero-order valence-electron chi connectivity index (χ0n) is 18.3. The van der Waals surface area contributed by atoms with Gasteiger partial charge in [0.15, 0.2) is 0 Å². The Bertz CT molecular complexity index is 885. The lowest BCUT2D eigenvalue weighted by Gasteiger charge is -2.26. The number of hydrogen-bond acceptors (Lipinski definition) is 9. The van der Waals surface area contributed by atoms with E-state index in [2.05, 4.69) is 49.3 Å². The van der Waals surface area contributed by atoms with Crippen LogP contribution in [-0.2, 0) is 11.3 Å². The van der Waals surface area contributed by atoms with Gasteiger partial charge >= 0.3 is 6.09 Å². The van der Waals surface area contributed by atoms with E-state index < -0.39 is 0 Å². The molecule has 0 radical (unpaired) electrons. The van der Waals surface area contributed by atoms with Crippen molar-refractivity contribution in [3.8, 4) is 0 Å². The molecule has 10 nitrogen and oxygen atoms in total. The summed E-state index contributed by atoms with van der Waals surface area (Å²) in [4.78, 5) is 34.1. The Kier molecular flexibility index (Phi) is 6.57. The van der Waals surface area contributed by atoms with Gasteiger partial charge in [0.1, 0.15) is 18.2 Å². The Morgan fingerprint density at radius 1 is 1.19 bits per heavy atom. The fourth-order valence-corrected chi connectivity index (χ4v) is 3.76. The highest BCUT2D eigenvalue weighted by molar-refractivity contribution is 5.89. The fraction of sp³-hybridized carbons (Fsp3) is 0.571. The van der Waals surface area contributed by atoms with Gasteiger partial charge in [0.2, 0.25) is 5.95 Å². The quantitative estimate of drug-likeness (QED) is 0.685. The van der Waals surface area contributed by atoms with Crippen LogP contribution in [0.1, 0.15) is 38.2 Å². The Morgan fingerprint density at radius 3 is 2.65 bits per heavy atom. The number of nitrogens with one attached hydrogen (secondary N) is 2. The zero-order chi connectivity index (χ0) is 21.8. The Morgan fingerprint density at radius 2 is 1.94 bits per heavy atom. The topological polar surface area (TPSA) is 108 Å². The van der Waals surface area contributed by atoms with Gasteiger partial charge in [-0.05, 0) is 18.9 Å². The van der Waals surface area contributed by atoms with E-state index in [0.29, 0.717) is 18.4 Å². The summed E-state index contributed by atoms with van der Waals surface area (Å²) < 4.78 is 5.23. The zero-order valence-corrected chi connectivity index (χ0v) is 18.3. The normalized spacial score (nSPS) is 20.7. The molecule has 2 atom stereocenters. The van der Waals surface area contributed by atoms with Crippen molar-refractivity contribution in [1.82, 2.24) is 30.2 Å². The van der Waals surface area contributed by atoms with Gasteiger partial charge in [-0.1, -0.05) is 13.8 Å². The third kappa shape index (κ3) is 5.08. The summed E-state index contributed by atoms with van der Waals surface area (Å²) in [5.41, 5.74) is 0.943. The number of piperazine rings is 1. The van der Waals surface area contributed by atoms with Crippen molar-refractivity contribution in [1.29, 1.82) is 0 Å². The minimum absolute atomic E-state index is 0.0377. The number of nitrogens with zero attached hydrogens (tertiary/aromatic N) is 6. The van der Waals surface area contributed by atoms with Crippen LogP contribution in [0.15, 0.2) is 24.7 Å². The van der Waals surface area contributed by atoms with Crippen molar-refractivity contribution in [2.45, 2.75) is 39.4 Å². The third-order valence-electron chi connectivity index (χ3n) is 5.71. The number of cyclic esters (lactones) is 1. The summed E-state index contributed by atoms with van der Waals surface area (Å²) >= 11 is 0. The predicted molar refractivity (Wildman–Crippen MR) is 117 cm³/mol. The molecule has 2 saturated heterocycles. The molecular formula is C21H30N8O2. The second kappa shape index (κ2) is 9.52. The molecule has 0 aliphatic carbocycles. The smallest absolute Gasteiger partial charge is 0.415 e. The number of aromatic nitrogens is 4. The van der Waals surface area contributed by atoms with Gasteiger partial charge < -0.3 is 15.4 Å². The molecule has 1 unspecified atom stereocenters. The molecule has 4 heterocycles.